The van der Waals surface area contributed by atoms with Gasteiger partial charge in [0.2, 0.25) is 5.78 Å². The monoisotopic (exact) mass is 420 g/mol. The first kappa shape index (κ1) is 20.8. The molecule has 0 saturated carbocycles. The van der Waals surface area contributed by atoms with Crippen LogP contribution in [-0.4, -0.2) is 36.5 Å². The first-order chi connectivity index (χ1) is 11.3. The van der Waals surface area contributed by atoms with E-state index in [1.165, 1.54) is 11.3 Å². The SMILES string of the molecule is CCOC(=O)CC[C@](NN)(C(=O)OCC)C(=O)c1sc(Br)cc1C. The van der Waals surface area contributed by atoms with E-state index in [2.05, 4.69) is 21.4 Å². The van der Waals surface area contributed by atoms with E-state index in [1.54, 1.807) is 26.8 Å². The van der Waals surface area contributed by atoms with Gasteiger partial charge in [0.1, 0.15) is 0 Å². The van der Waals surface area contributed by atoms with Gasteiger partial charge in [-0.05, 0) is 54.8 Å². The number of nitrogens with one attached hydrogen (secondary N) is 1. The molecule has 1 rings (SSSR count). The average molecular weight is 421 g/mol. The highest BCUT2D eigenvalue weighted by Crippen LogP contribution is 2.31. The topological polar surface area (TPSA) is 108 Å². The van der Waals surface area contributed by atoms with Crippen LogP contribution in [0.25, 0.3) is 0 Å². The van der Waals surface area contributed by atoms with Crippen molar-refractivity contribution in [3.05, 3.63) is 20.3 Å². The maximum absolute atomic E-state index is 13.0. The van der Waals surface area contributed by atoms with Gasteiger partial charge in [-0.15, -0.1) is 11.3 Å². The van der Waals surface area contributed by atoms with Crippen molar-refractivity contribution in [3.8, 4) is 0 Å². The molecule has 0 radical (unpaired) electrons. The number of carbonyl (C=O) groups excluding carboxylic acids is 3. The largest absolute Gasteiger partial charge is 0.466 e. The van der Waals surface area contributed by atoms with E-state index in [0.717, 1.165) is 3.79 Å². The van der Waals surface area contributed by atoms with Crippen LogP contribution in [0, 0.1) is 6.92 Å². The minimum Gasteiger partial charge on any atom is -0.466 e. The molecule has 9 heteroatoms. The Kier molecular flexibility index (Phi) is 8.01. The van der Waals surface area contributed by atoms with Crippen LogP contribution in [0.1, 0.15) is 41.9 Å². The quantitative estimate of drug-likeness (QED) is 0.207. The van der Waals surface area contributed by atoms with Gasteiger partial charge in [-0.1, -0.05) is 0 Å². The third kappa shape index (κ3) is 4.62. The van der Waals surface area contributed by atoms with Crippen molar-refractivity contribution in [1.82, 2.24) is 5.43 Å². The van der Waals surface area contributed by atoms with Crippen molar-refractivity contribution in [2.24, 2.45) is 5.84 Å². The Morgan fingerprint density at radius 1 is 1.29 bits per heavy atom. The first-order valence-corrected chi connectivity index (χ1v) is 9.04. The fraction of sp³-hybridized carbons (Fsp3) is 0.533. The molecule has 1 atom stereocenters. The van der Waals surface area contributed by atoms with E-state index in [9.17, 15) is 14.4 Å². The lowest BCUT2D eigenvalue weighted by Gasteiger charge is -2.28. The summed E-state index contributed by atoms with van der Waals surface area (Å²) in [6.45, 7) is 5.36. The number of hydrazine groups is 1. The van der Waals surface area contributed by atoms with Gasteiger partial charge in [0, 0.05) is 6.42 Å². The van der Waals surface area contributed by atoms with Crippen LogP contribution in [0.5, 0.6) is 0 Å². The number of ether oxygens (including phenoxy) is 2. The summed E-state index contributed by atoms with van der Waals surface area (Å²) in [6, 6.07) is 1.77. The fourth-order valence-corrected chi connectivity index (χ4v) is 3.89. The van der Waals surface area contributed by atoms with Crippen LogP contribution in [0.4, 0.5) is 0 Å². The highest BCUT2D eigenvalue weighted by Gasteiger charge is 2.48. The lowest BCUT2D eigenvalue weighted by molar-refractivity contribution is -0.150. The van der Waals surface area contributed by atoms with Gasteiger partial charge in [0.15, 0.2) is 5.54 Å². The van der Waals surface area contributed by atoms with Crippen LogP contribution in [0.3, 0.4) is 0 Å². The summed E-state index contributed by atoms with van der Waals surface area (Å²) < 4.78 is 10.6. The van der Waals surface area contributed by atoms with Gasteiger partial charge in [-0.3, -0.25) is 15.4 Å². The zero-order valence-corrected chi connectivity index (χ0v) is 16.2. The fourth-order valence-electron chi connectivity index (χ4n) is 2.14. The molecule has 0 aliphatic heterocycles. The predicted molar refractivity (Wildman–Crippen MR) is 93.6 cm³/mol. The van der Waals surface area contributed by atoms with Gasteiger partial charge in [-0.2, -0.15) is 0 Å². The summed E-state index contributed by atoms with van der Waals surface area (Å²) in [6.07, 6.45) is -0.302. The van der Waals surface area contributed by atoms with Gasteiger partial charge >= 0.3 is 11.9 Å². The molecular formula is C15H21BrN2O5S. The van der Waals surface area contributed by atoms with Crippen LogP contribution < -0.4 is 11.3 Å². The van der Waals surface area contributed by atoms with Gasteiger partial charge in [0.05, 0.1) is 21.9 Å². The van der Waals surface area contributed by atoms with Crippen LogP contribution >= 0.6 is 27.3 Å². The molecule has 0 aliphatic rings. The van der Waals surface area contributed by atoms with Crippen molar-refractivity contribution in [2.75, 3.05) is 13.2 Å². The second-order valence-electron chi connectivity index (χ2n) is 4.97. The van der Waals surface area contributed by atoms with Crippen molar-refractivity contribution in [2.45, 2.75) is 39.2 Å². The summed E-state index contributed by atoms with van der Waals surface area (Å²) in [5.74, 6) is 3.71. The number of Topliss-reactive ketones (excluding diaryl/α,β-unsaturated/α-hetero) is 1. The summed E-state index contributed by atoms with van der Waals surface area (Å²) in [5, 5.41) is 0. The number of nitrogens with two attached hydrogens (primary N) is 1. The molecule has 0 bridgehead atoms. The molecule has 0 amide bonds. The van der Waals surface area contributed by atoms with Crippen LogP contribution in [0.2, 0.25) is 0 Å². The Morgan fingerprint density at radius 2 is 1.92 bits per heavy atom. The van der Waals surface area contributed by atoms with Crippen LogP contribution in [0.15, 0.2) is 9.85 Å². The van der Waals surface area contributed by atoms with E-state index < -0.39 is 23.3 Å². The molecule has 0 aromatic carbocycles. The predicted octanol–water partition coefficient (Wildman–Crippen LogP) is 2.11. The number of rotatable bonds is 9. The Balaban J connectivity index is 3.20. The zero-order valence-electron chi connectivity index (χ0n) is 13.8. The summed E-state index contributed by atoms with van der Waals surface area (Å²) in [7, 11) is 0. The Bertz CT molecular complexity index is 619. The molecule has 3 N–H and O–H groups in total. The Morgan fingerprint density at radius 3 is 2.38 bits per heavy atom. The molecule has 1 heterocycles. The minimum atomic E-state index is -1.84. The molecule has 0 saturated heterocycles. The minimum absolute atomic E-state index is 0.0854. The number of carbonyl (C=O) groups is 3. The average Bonchev–Trinajstić information content (AvgIpc) is 2.87. The van der Waals surface area contributed by atoms with Crippen LogP contribution in [-0.2, 0) is 19.1 Å². The number of halogens is 1. The van der Waals surface area contributed by atoms with E-state index >= 15 is 0 Å². The number of hydrogen-bond acceptors (Lipinski definition) is 8. The van der Waals surface area contributed by atoms with Crippen molar-refractivity contribution in [1.29, 1.82) is 0 Å². The lowest BCUT2D eigenvalue weighted by atomic mass is 9.87. The second-order valence-corrected chi connectivity index (χ2v) is 7.40. The summed E-state index contributed by atoms with van der Waals surface area (Å²) in [4.78, 5) is 37.5. The van der Waals surface area contributed by atoms with E-state index in [-0.39, 0.29) is 26.1 Å². The van der Waals surface area contributed by atoms with E-state index in [1.807, 2.05) is 0 Å². The molecule has 1 aromatic heterocycles. The molecule has 24 heavy (non-hydrogen) atoms. The maximum Gasteiger partial charge on any atom is 0.335 e. The Hall–Kier alpha value is -1.29. The maximum atomic E-state index is 13.0. The number of aryl methyl sites for hydroxylation is 1. The number of esters is 2. The molecule has 134 valence electrons. The Labute approximate surface area is 153 Å². The normalized spacial score (nSPS) is 13.2. The van der Waals surface area contributed by atoms with Gasteiger partial charge in [-0.25, -0.2) is 10.2 Å². The molecule has 7 nitrogen and oxygen atoms in total. The number of ketones is 1. The molecule has 0 aliphatic carbocycles. The molecule has 0 fully saturated rings. The van der Waals surface area contributed by atoms with E-state index in [0.29, 0.717) is 10.4 Å². The third-order valence-electron chi connectivity index (χ3n) is 3.36. The summed E-state index contributed by atoms with van der Waals surface area (Å²) in [5.41, 5.74) is 1.16. The van der Waals surface area contributed by atoms with Crippen molar-refractivity contribution < 1.29 is 23.9 Å². The number of hydrogen-bond donors (Lipinski definition) is 2. The standard InChI is InChI=1S/C15H21BrN2O5S/c1-4-22-11(19)6-7-15(18-17,14(21)23-5-2)13(20)12-9(3)8-10(16)24-12/h8,18H,4-7,17H2,1-3H3/t15-/m1/s1. The smallest absolute Gasteiger partial charge is 0.335 e. The van der Waals surface area contributed by atoms with Gasteiger partial charge in [0.25, 0.3) is 0 Å². The highest BCUT2D eigenvalue weighted by molar-refractivity contribution is 9.11. The van der Waals surface area contributed by atoms with Gasteiger partial charge < -0.3 is 9.47 Å². The van der Waals surface area contributed by atoms with E-state index in [4.69, 9.17) is 15.3 Å². The second kappa shape index (κ2) is 9.26. The van der Waals surface area contributed by atoms with Crippen molar-refractivity contribution >= 4 is 45.0 Å². The highest BCUT2D eigenvalue weighted by atomic mass is 79.9. The first-order valence-electron chi connectivity index (χ1n) is 7.43. The third-order valence-corrected chi connectivity index (χ3v) is 5.10. The zero-order chi connectivity index (χ0) is 18.3. The van der Waals surface area contributed by atoms with Crippen molar-refractivity contribution in [3.63, 3.8) is 0 Å². The number of thiophene rings is 1. The summed E-state index contributed by atoms with van der Waals surface area (Å²) >= 11 is 4.51. The molecule has 0 spiro atoms. The molecule has 0 unspecified atom stereocenters. The molecular weight excluding hydrogens is 400 g/mol. The lowest BCUT2D eigenvalue weighted by Crippen LogP contribution is -2.61. The molecule has 1 aromatic rings.